The zero-order valence-electron chi connectivity index (χ0n) is 5.69. The molecule has 0 bridgehead atoms. The van der Waals surface area contributed by atoms with E-state index in [2.05, 4.69) is 21.2 Å². The molecule has 1 aliphatic heterocycles. The molecule has 1 N–H and O–H groups in total. The fourth-order valence-electron chi connectivity index (χ4n) is 1.16. The fourth-order valence-corrected chi connectivity index (χ4v) is 1.60. The number of hydrogen-bond acceptors (Lipinski definition) is 2. The molecule has 3 nitrogen and oxygen atoms in total. The highest BCUT2D eigenvalue weighted by Gasteiger charge is 2.20. The van der Waals surface area contributed by atoms with E-state index in [4.69, 9.17) is 4.42 Å². The van der Waals surface area contributed by atoms with Crippen molar-refractivity contribution >= 4 is 21.8 Å². The standard InChI is InChI=1S/C7H6BrNO2/c8-5-3-4-1-2-9-7(10)6(4)11-5/h3H,1-2H2,(H,9,10). The summed E-state index contributed by atoms with van der Waals surface area (Å²) in [6.45, 7) is 0.706. The van der Waals surface area contributed by atoms with Gasteiger partial charge >= 0.3 is 0 Å². The summed E-state index contributed by atoms with van der Waals surface area (Å²) in [5, 5.41) is 2.70. The average Bonchev–Trinajstić information content (AvgIpc) is 2.31. The number of fused-ring (bicyclic) bond motifs is 1. The summed E-state index contributed by atoms with van der Waals surface area (Å²) in [6.07, 6.45) is 0.857. The van der Waals surface area contributed by atoms with Crippen LogP contribution < -0.4 is 5.32 Å². The number of carbonyl (C=O) groups excluding carboxylic acids is 1. The van der Waals surface area contributed by atoms with Crippen molar-refractivity contribution in [2.75, 3.05) is 6.54 Å². The Morgan fingerprint density at radius 3 is 3.18 bits per heavy atom. The van der Waals surface area contributed by atoms with Crippen LogP contribution in [0.15, 0.2) is 15.2 Å². The Labute approximate surface area is 71.9 Å². The van der Waals surface area contributed by atoms with Crippen LogP contribution in [0.25, 0.3) is 0 Å². The molecule has 1 aliphatic rings. The SMILES string of the molecule is O=C1NCCc2cc(Br)oc21. The first kappa shape index (κ1) is 6.91. The molecule has 4 heteroatoms. The average molecular weight is 216 g/mol. The van der Waals surface area contributed by atoms with Gasteiger partial charge in [-0.2, -0.15) is 0 Å². The van der Waals surface area contributed by atoms with Crippen LogP contribution in [-0.4, -0.2) is 12.5 Å². The third-order valence-corrected chi connectivity index (χ3v) is 2.06. The summed E-state index contributed by atoms with van der Waals surface area (Å²) in [5.41, 5.74) is 0.987. The minimum Gasteiger partial charge on any atom is -0.444 e. The predicted octanol–water partition coefficient (Wildman–Crippen LogP) is 1.33. The van der Waals surface area contributed by atoms with Gasteiger partial charge in [-0.1, -0.05) is 0 Å². The topological polar surface area (TPSA) is 42.2 Å². The Bertz CT molecular complexity index is 305. The molecule has 1 aromatic heterocycles. The van der Waals surface area contributed by atoms with Crippen molar-refractivity contribution in [1.82, 2.24) is 5.32 Å². The summed E-state index contributed by atoms with van der Waals surface area (Å²) < 4.78 is 5.75. The van der Waals surface area contributed by atoms with Crippen LogP contribution in [0, 0.1) is 0 Å². The lowest BCUT2D eigenvalue weighted by molar-refractivity contribution is 0.0915. The Kier molecular flexibility index (Phi) is 1.49. The van der Waals surface area contributed by atoms with Crippen LogP contribution in [0.4, 0.5) is 0 Å². The van der Waals surface area contributed by atoms with Gasteiger partial charge in [0.25, 0.3) is 5.91 Å². The van der Waals surface area contributed by atoms with E-state index >= 15 is 0 Å². The number of nitrogens with one attached hydrogen (secondary N) is 1. The summed E-state index contributed by atoms with van der Waals surface area (Å²) in [5.74, 6) is 0.333. The molecule has 0 atom stereocenters. The molecule has 58 valence electrons. The van der Waals surface area contributed by atoms with Gasteiger partial charge in [-0.25, -0.2) is 0 Å². The maximum absolute atomic E-state index is 11.1. The molecule has 1 aromatic rings. The summed E-state index contributed by atoms with van der Waals surface area (Å²) in [7, 11) is 0. The number of carbonyl (C=O) groups is 1. The molecule has 2 rings (SSSR count). The van der Waals surface area contributed by atoms with Crippen molar-refractivity contribution in [2.45, 2.75) is 6.42 Å². The highest BCUT2D eigenvalue weighted by molar-refractivity contribution is 9.10. The largest absolute Gasteiger partial charge is 0.444 e. The van der Waals surface area contributed by atoms with Gasteiger partial charge < -0.3 is 9.73 Å². The summed E-state index contributed by atoms with van der Waals surface area (Å²) >= 11 is 3.17. The lowest BCUT2D eigenvalue weighted by Crippen LogP contribution is -2.30. The van der Waals surface area contributed by atoms with Gasteiger partial charge in [0.2, 0.25) is 0 Å². The highest BCUT2D eigenvalue weighted by atomic mass is 79.9. The third kappa shape index (κ3) is 1.07. The van der Waals surface area contributed by atoms with Crippen LogP contribution >= 0.6 is 15.9 Å². The Morgan fingerprint density at radius 2 is 2.45 bits per heavy atom. The predicted molar refractivity (Wildman–Crippen MR) is 42.4 cm³/mol. The number of amides is 1. The normalized spacial score (nSPS) is 15.9. The Morgan fingerprint density at radius 1 is 1.64 bits per heavy atom. The zero-order valence-corrected chi connectivity index (χ0v) is 7.27. The highest BCUT2D eigenvalue weighted by Crippen LogP contribution is 2.22. The molecule has 2 heterocycles. The van der Waals surface area contributed by atoms with Crippen LogP contribution in [0.2, 0.25) is 0 Å². The molecule has 1 amide bonds. The molecule has 0 radical (unpaired) electrons. The van der Waals surface area contributed by atoms with E-state index in [0.717, 1.165) is 12.0 Å². The first-order valence-corrected chi connectivity index (χ1v) is 4.13. The van der Waals surface area contributed by atoms with Crippen molar-refractivity contribution in [3.05, 3.63) is 22.1 Å². The van der Waals surface area contributed by atoms with Gasteiger partial charge in [-0.15, -0.1) is 0 Å². The second-order valence-corrected chi connectivity index (χ2v) is 3.19. The second kappa shape index (κ2) is 2.37. The van der Waals surface area contributed by atoms with Crippen molar-refractivity contribution in [2.24, 2.45) is 0 Å². The van der Waals surface area contributed by atoms with Gasteiger partial charge in [-0.05, 0) is 28.4 Å². The summed E-state index contributed by atoms with van der Waals surface area (Å²) in [6, 6.07) is 1.84. The fraction of sp³-hybridized carbons (Fsp3) is 0.286. The van der Waals surface area contributed by atoms with E-state index in [9.17, 15) is 4.79 Å². The van der Waals surface area contributed by atoms with Crippen molar-refractivity contribution < 1.29 is 9.21 Å². The lowest BCUT2D eigenvalue weighted by atomic mass is 10.1. The first-order chi connectivity index (χ1) is 5.27. The summed E-state index contributed by atoms with van der Waals surface area (Å²) in [4.78, 5) is 11.1. The number of hydrogen-bond donors (Lipinski definition) is 1. The molecule has 0 saturated carbocycles. The van der Waals surface area contributed by atoms with Crippen LogP contribution in [0.5, 0.6) is 0 Å². The van der Waals surface area contributed by atoms with E-state index < -0.39 is 0 Å². The second-order valence-electron chi connectivity index (χ2n) is 2.41. The van der Waals surface area contributed by atoms with Crippen LogP contribution in [-0.2, 0) is 6.42 Å². The maximum atomic E-state index is 11.1. The maximum Gasteiger partial charge on any atom is 0.287 e. The van der Waals surface area contributed by atoms with Gasteiger partial charge in [0.05, 0.1) is 0 Å². The number of furan rings is 1. The van der Waals surface area contributed by atoms with Gasteiger partial charge in [0.15, 0.2) is 10.4 Å². The molecule has 0 aromatic carbocycles. The molecule has 0 aliphatic carbocycles. The molecule has 0 spiro atoms. The Hall–Kier alpha value is -0.770. The minimum atomic E-state index is -0.114. The molecule has 0 fully saturated rings. The monoisotopic (exact) mass is 215 g/mol. The van der Waals surface area contributed by atoms with E-state index in [0.29, 0.717) is 17.0 Å². The van der Waals surface area contributed by atoms with Crippen LogP contribution in [0.1, 0.15) is 16.1 Å². The van der Waals surface area contributed by atoms with Crippen molar-refractivity contribution in [3.63, 3.8) is 0 Å². The van der Waals surface area contributed by atoms with E-state index in [1.807, 2.05) is 6.07 Å². The van der Waals surface area contributed by atoms with E-state index in [1.165, 1.54) is 0 Å². The van der Waals surface area contributed by atoms with Gasteiger partial charge in [0, 0.05) is 12.1 Å². The van der Waals surface area contributed by atoms with Crippen molar-refractivity contribution in [1.29, 1.82) is 0 Å². The molecule has 0 saturated heterocycles. The van der Waals surface area contributed by atoms with E-state index in [-0.39, 0.29) is 5.91 Å². The molecular formula is C7H6BrNO2. The molecular weight excluding hydrogens is 210 g/mol. The lowest BCUT2D eigenvalue weighted by Gasteiger charge is -2.09. The third-order valence-electron chi connectivity index (χ3n) is 1.67. The molecule has 11 heavy (non-hydrogen) atoms. The minimum absolute atomic E-state index is 0.114. The zero-order chi connectivity index (χ0) is 7.84. The first-order valence-electron chi connectivity index (χ1n) is 3.34. The quantitative estimate of drug-likeness (QED) is 0.710. The van der Waals surface area contributed by atoms with Gasteiger partial charge in [0.1, 0.15) is 0 Å². The molecule has 0 unspecified atom stereocenters. The Balaban J connectivity index is 2.52. The smallest absolute Gasteiger partial charge is 0.287 e. The van der Waals surface area contributed by atoms with Crippen molar-refractivity contribution in [3.8, 4) is 0 Å². The van der Waals surface area contributed by atoms with Crippen LogP contribution in [0.3, 0.4) is 0 Å². The number of halogens is 1. The number of rotatable bonds is 0. The van der Waals surface area contributed by atoms with E-state index in [1.54, 1.807) is 0 Å². The van der Waals surface area contributed by atoms with Gasteiger partial charge in [-0.3, -0.25) is 4.79 Å².